The minimum Gasteiger partial charge on any atom is -0.480 e. The van der Waals surface area contributed by atoms with E-state index < -0.39 is 11.5 Å². The topological polar surface area (TPSA) is 66.4 Å². The molecule has 102 valence electrons. The van der Waals surface area contributed by atoms with Gasteiger partial charge in [-0.25, -0.2) is 0 Å². The normalized spacial score (nSPS) is 17.9. The summed E-state index contributed by atoms with van der Waals surface area (Å²) in [5, 5.41) is 11.8. The maximum atomic E-state index is 12.7. The summed E-state index contributed by atoms with van der Waals surface area (Å²) >= 11 is 0. The molecule has 1 saturated carbocycles. The molecule has 0 heterocycles. The fourth-order valence-electron chi connectivity index (χ4n) is 2.75. The van der Waals surface area contributed by atoms with Crippen molar-refractivity contribution in [2.24, 2.45) is 0 Å². The number of hydrogen-bond acceptors (Lipinski definition) is 3. The van der Waals surface area contributed by atoms with Crippen LogP contribution in [0, 0.1) is 0 Å². The van der Waals surface area contributed by atoms with E-state index >= 15 is 0 Å². The summed E-state index contributed by atoms with van der Waals surface area (Å²) in [6.07, 6.45) is 4.47. The molecule has 0 aromatic heterocycles. The Bertz CT molecular complexity index is 450. The van der Waals surface area contributed by atoms with Crippen LogP contribution in [0.1, 0.15) is 42.5 Å². The Hall–Kier alpha value is -1.68. The quantitative estimate of drug-likeness (QED) is 0.798. The summed E-state index contributed by atoms with van der Waals surface area (Å²) in [4.78, 5) is 23.4. The number of carbonyl (C=O) groups is 2. The minimum absolute atomic E-state index is 0.0223. The molecule has 4 nitrogen and oxygen atoms in total. The first kappa shape index (κ1) is 13.7. The summed E-state index contributed by atoms with van der Waals surface area (Å²) in [5.41, 5.74) is -0.0415. The summed E-state index contributed by atoms with van der Waals surface area (Å²) in [5.74, 6) is -0.903. The SMILES string of the molecule is O=C(O)CNC1(C(=O)c2ccccc2)CCCCC1. The third kappa shape index (κ3) is 3.20. The second-order valence-electron chi connectivity index (χ2n) is 5.09. The minimum atomic E-state index is -0.925. The molecule has 19 heavy (non-hydrogen) atoms. The number of hydrogen-bond donors (Lipinski definition) is 2. The number of rotatable bonds is 5. The van der Waals surface area contributed by atoms with Gasteiger partial charge in [0.25, 0.3) is 0 Å². The first-order valence-electron chi connectivity index (χ1n) is 6.71. The average Bonchev–Trinajstić information content (AvgIpc) is 2.46. The van der Waals surface area contributed by atoms with E-state index in [9.17, 15) is 9.59 Å². The van der Waals surface area contributed by atoms with E-state index in [-0.39, 0.29) is 12.3 Å². The Morgan fingerprint density at radius 1 is 1.11 bits per heavy atom. The summed E-state index contributed by atoms with van der Waals surface area (Å²) in [6.45, 7) is -0.168. The Balaban J connectivity index is 2.21. The van der Waals surface area contributed by atoms with Crippen molar-refractivity contribution in [3.05, 3.63) is 35.9 Å². The highest BCUT2D eigenvalue weighted by Crippen LogP contribution is 2.31. The lowest BCUT2D eigenvalue weighted by molar-refractivity contribution is -0.136. The van der Waals surface area contributed by atoms with Gasteiger partial charge in [-0.2, -0.15) is 0 Å². The molecule has 0 spiro atoms. The number of carbonyl (C=O) groups excluding carboxylic acids is 1. The fraction of sp³-hybridized carbons (Fsp3) is 0.467. The molecule has 0 atom stereocenters. The molecule has 1 aliphatic carbocycles. The number of carboxylic acids is 1. The van der Waals surface area contributed by atoms with Gasteiger partial charge in [-0.1, -0.05) is 49.6 Å². The third-order valence-corrected chi connectivity index (χ3v) is 3.76. The molecule has 1 aromatic rings. The van der Waals surface area contributed by atoms with Crippen LogP contribution in [0.5, 0.6) is 0 Å². The van der Waals surface area contributed by atoms with Gasteiger partial charge in [-0.3, -0.25) is 14.9 Å². The number of carboxylic acid groups (broad SMARTS) is 1. The van der Waals surface area contributed by atoms with Gasteiger partial charge in [0.2, 0.25) is 0 Å². The van der Waals surface area contributed by atoms with Gasteiger partial charge in [0.05, 0.1) is 12.1 Å². The van der Waals surface area contributed by atoms with Crippen LogP contribution in [0.25, 0.3) is 0 Å². The van der Waals surface area contributed by atoms with Crippen molar-refractivity contribution in [3.63, 3.8) is 0 Å². The highest BCUT2D eigenvalue weighted by Gasteiger charge is 2.39. The van der Waals surface area contributed by atoms with Crippen LogP contribution in [0.2, 0.25) is 0 Å². The molecular weight excluding hydrogens is 242 g/mol. The molecule has 4 heteroatoms. The van der Waals surface area contributed by atoms with E-state index in [4.69, 9.17) is 5.11 Å². The number of nitrogens with one attached hydrogen (secondary N) is 1. The van der Waals surface area contributed by atoms with E-state index in [1.54, 1.807) is 12.1 Å². The first-order valence-corrected chi connectivity index (χ1v) is 6.71. The Morgan fingerprint density at radius 2 is 1.74 bits per heavy atom. The van der Waals surface area contributed by atoms with Crippen molar-refractivity contribution in [1.29, 1.82) is 0 Å². The van der Waals surface area contributed by atoms with Crippen molar-refractivity contribution >= 4 is 11.8 Å². The molecule has 0 aliphatic heterocycles. The van der Waals surface area contributed by atoms with E-state index in [0.29, 0.717) is 18.4 Å². The van der Waals surface area contributed by atoms with Gasteiger partial charge in [-0.05, 0) is 12.8 Å². The molecule has 0 saturated heterocycles. The molecule has 1 fully saturated rings. The summed E-state index contributed by atoms with van der Waals surface area (Å²) in [7, 11) is 0. The maximum absolute atomic E-state index is 12.7. The lowest BCUT2D eigenvalue weighted by atomic mass is 9.76. The molecule has 2 N–H and O–H groups in total. The van der Waals surface area contributed by atoms with Crippen molar-refractivity contribution in [2.45, 2.75) is 37.6 Å². The standard InChI is InChI=1S/C15H19NO3/c17-13(18)11-16-15(9-5-2-6-10-15)14(19)12-7-3-1-4-8-12/h1,3-4,7-8,16H,2,5-6,9-11H2,(H,17,18). The second-order valence-corrected chi connectivity index (χ2v) is 5.09. The fourth-order valence-corrected chi connectivity index (χ4v) is 2.75. The Morgan fingerprint density at radius 3 is 2.32 bits per heavy atom. The Kier molecular flexibility index (Phi) is 4.32. The van der Waals surface area contributed by atoms with E-state index in [2.05, 4.69) is 5.32 Å². The lowest BCUT2D eigenvalue weighted by Crippen LogP contribution is -2.54. The largest absolute Gasteiger partial charge is 0.480 e. The number of ketones is 1. The molecule has 2 rings (SSSR count). The van der Waals surface area contributed by atoms with Crippen molar-refractivity contribution in [2.75, 3.05) is 6.54 Å². The van der Waals surface area contributed by atoms with Crippen LogP contribution < -0.4 is 5.32 Å². The van der Waals surface area contributed by atoms with Gasteiger partial charge in [-0.15, -0.1) is 0 Å². The number of benzene rings is 1. The highest BCUT2D eigenvalue weighted by atomic mass is 16.4. The summed E-state index contributed by atoms with van der Waals surface area (Å²) < 4.78 is 0. The molecule has 0 radical (unpaired) electrons. The van der Waals surface area contributed by atoms with Crippen molar-refractivity contribution in [1.82, 2.24) is 5.32 Å². The maximum Gasteiger partial charge on any atom is 0.317 e. The van der Waals surface area contributed by atoms with E-state index in [1.165, 1.54) is 0 Å². The zero-order chi connectivity index (χ0) is 13.7. The van der Waals surface area contributed by atoms with Gasteiger partial charge >= 0.3 is 5.97 Å². The van der Waals surface area contributed by atoms with E-state index in [1.807, 2.05) is 18.2 Å². The van der Waals surface area contributed by atoms with Gasteiger partial charge < -0.3 is 5.11 Å². The van der Waals surface area contributed by atoms with Crippen LogP contribution in [0.3, 0.4) is 0 Å². The monoisotopic (exact) mass is 261 g/mol. The highest BCUT2D eigenvalue weighted by molar-refractivity contribution is 6.03. The van der Waals surface area contributed by atoms with Crippen LogP contribution >= 0.6 is 0 Å². The van der Waals surface area contributed by atoms with Gasteiger partial charge in [0.15, 0.2) is 5.78 Å². The van der Waals surface area contributed by atoms with Gasteiger partial charge in [0, 0.05) is 5.56 Å². The zero-order valence-electron chi connectivity index (χ0n) is 10.9. The zero-order valence-corrected chi connectivity index (χ0v) is 10.9. The van der Waals surface area contributed by atoms with Crippen LogP contribution in [0.4, 0.5) is 0 Å². The molecule has 1 aromatic carbocycles. The van der Waals surface area contributed by atoms with Crippen molar-refractivity contribution in [3.8, 4) is 0 Å². The van der Waals surface area contributed by atoms with Gasteiger partial charge in [0.1, 0.15) is 0 Å². The smallest absolute Gasteiger partial charge is 0.317 e. The molecule has 0 amide bonds. The second kappa shape index (κ2) is 5.97. The van der Waals surface area contributed by atoms with Crippen LogP contribution in [0.15, 0.2) is 30.3 Å². The first-order chi connectivity index (χ1) is 9.14. The van der Waals surface area contributed by atoms with Crippen LogP contribution in [-0.2, 0) is 4.79 Å². The molecule has 1 aliphatic rings. The summed E-state index contributed by atoms with van der Waals surface area (Å²) in [6, 6.07) is 9.12. The molecule has 0 bridgehead atoms. The predicted octanol–water partition coefficient (Wildman–Crippen LogP) is 2.25. The number of Topliss-reactive ketones (excluding diaryl/α,β-unsaturated/α-hetero) is 1. The van der Waals surface area contributed by atoms with E-state index in [0.717, 1.165) is 19.3 Å². The average molecular weight is 261 g/mol. The third-order valence-electron chi connectivity index (χ3n) is 3.76. The molecule has 0 unspecified atom stereocenters. The predicted molar refractivity (Wildman–Crippen MR) is 72.2 cm³/mol. The number of aliphatic carboxylic acids is 1. The Labute approximate surface area is 112 Å². The van der Waals surface area contributed by atoms with Crippen molar-refractivity contribution < 1.29 is 14.7 Å². The lowest BCUT2D eigenvalue weighted by Gasteiger charge is -2.36. The molecular formula is C15H19NO3. The van der Waals surface area contributed by atoms with Crippen LogP contribution in [-0.4, -0.2) is 28.9 Å².